The summed E-state index contributed by atoms with van der Waals surface area (Å²) in [6.07, 6.45) is 11.2. The number of carbonyl (C=O) groups excluding carboxylic acids is 2. The van der Waals surface area contributed by atoms with Gasteiger partial charge in [-0.3, -0.25) is 19.3 Å². The largest absolute Gasteiger partial charge is 0.379 e. The molecule has 0 unspecified atom stereocenters. The van der Waals surface area contributed by atoms with E-state index in [1.54, 1.807) is 29.3 Å². The molecule has 3 aromatic rings. The number of hydrogen-bond donors (Lipinski definition) is 1. The monoisotopic (exact) mass is 457 g/mol. The summed E-state index contributed by atoms with van der Waals surface area (Å²) in [6, 6.07) is 7.81. The highest BCUT2D eigenvalue weighted by molar-refractivity contribution is 6.02. The quantitative estimate of drug-likeness (QED) is 0.595. The van der Waals surface area contributed by atoms with Crippen LogP contribution >= 0.6 is 0 Å². The Morgan fingerprint density at radius 3 is 2.76 bits per heavy atom. The van der Waals surface area contributed by atoms with Crippen molar-refractivity contribution in [3.63, 3.8) is 0 Å². The fraction of sp³-hybridized carbons (Fsp3) is 0.308. The number of nitrogens with zero attached hydrogens (tertiary/aromatic N) is 4. The maximum atomic E-state index is 12.9. The van der Waals surface area contributed by atoms with Crippen LogP contribution in [0.3, 0.4) is 0 Å². The van der Waals surface area contributed by atoms with Crippen molar-refractivity contribution in [2.24, 2.45) is 12.5 Å². The number of hydrogen-bond acceptors (Lipinski definition) is 5. The van der Waals surface area contributed by atoms with Crippen molar-refractivity contribution in [1.82, 2.24) is 19.7 Å². The van der Waals surface area contributed by atoms with Gasteiger partial charge in [0.25, 0.3) is 0 Å². The number of anilines is 1. The Kier molecular flexibility index (Phi) is 5.75. The van der Waals surface area contributed by atoms with E-state index in [9.17, 15) is 9.59 Å². The van der Waals surface area contributed by atoms with Crippen LogP contribution in [0.1, 0.15) is 23.6 Å². The summed E-state index contributed by atoms with van der Waals surface area (Å²) in [7, 11) is 1.86. The molecule has 8 heteroatoms. The number of carbonyl (C=O) groups is 2. The van der Waals surface area contributed by atoms with Gasteiger partial charge in [0.05, 0.1) is 24.8 Å². The third-order valence-corrected chi connectivity index (χ3v) is 6.41. The molecule has 1 fully saturated rings. The van der Waals surface area contributed by atoms with Crippen molar-refractivity contribution in [2.45, 2.75) is 19.9 Å². The van der Waals surface area contributed by atoms with Crippen molar-refractivity contribution in [2.75, 3.05) is 25.1 Å². The second-order valence-corrected chi connectivity index (χ2v) is 9.20. The van der Waals surface area contributed by atoms with Crippen LogP contribution in [0.25, 0.3) is 17.2 Å². The highest BCUT2D eigenvalue weighted by atomic mass is 16.5. The molecular formula is C26H27N5O3. The summed E-state index contributed by atoms with van der Waals surface area (Å²) in [5.74, 6) is -0.0912. The molecule has 0 radical (unpaired) electrons. The van der Waals surface area contributed by atoms with E-state index < -0.39 is 5.41 Å². The molecule has 4 heterocycles. The Morgan fingerprint density at radius 1 is 1.18 bits per heavy atom. The molecule has 0 spiro atoms. The van der Waals surface area contributed by atoms with E-state index in [0.717, 1.165) is 28.7 Å². The van der Waals surface area contributed by atoms with Crippen molar-refractivity contribution in [3.05, 3.63) is 71.8 Å². The van der Waals surface area contributed by atoms with Crippen LogP contribution < -0.4 is 5.32 Å². The predicted molar refractivity (Wildman–Crippen MR) is 129 cm³/mol. The maximum absolute atomic E-state index is 12.9. The molecule has 2 aliphatic rings. The number of amides is 2. The van der Waals surface area contributed by atoms with Gasteiger partial charge in [-0.05, 0) is 54.3 Å². The van der Waals surface area contributed by atoms with E-state index in [1.807, 2.05) is 49.3 Å². The fourth-order valence-corrected chi connectivity index (χ4v) is 4.43. The SMILES string of the molecule is Cn1cc(-c2ccncc2/C=C/C(=O)Nc2ccc3c(c2)CN(C(=O)C2(C)COC2)CC3)cn1. The number of benzene rings is 1. The molecule has 0 atom stereocenters. The maximum Gasteiger partial charge on any atom is 0.248 e. The molecule has 0 bridgehead atoms. The third kappa shape index (κ3) is 4.36. The zero-order chi connectivity index (χ0) is 23.7. The zero-order valence-electron chi connectivity index (χ0n) is 19.3. The average Bonchev–Trinajstić information content (AvgIpc) is 3.26. The Hall–Kier alpha value is -3.78. The van der Waals surface area contributed by atoms with Crippen LogP contribution in [-0.2, 0) is 34.3 Å². The van der Waals surface area contributed by atoms with Crippen LogP contribution in [-0.4, -0.2) is 51.2 Å². The number of aryl methyl sites for hydroxylation is 1. The molecule has 8 nitrogen and oxygen atoms in total. The number of fused-ring (bicyclic) bond motifs is 1. The first kappa shape index (κ1) is 22.0. The zero-order valence-corrected chi connectivity index (χ0v) is 19.3. The van der Waals surface area contributed by atoms with Gasteiger partial charge in [0.2, 0.25) is 11.8 Å². The number of rotatable bonds is 5. The summed E-state index contributed by atoms with van der Waals surface area (Å²) >= 11 is 0. The Labute approximate surface area is 198 Å². The van der Waals surface area contributed by atoms with Crippen molar-refractivity contribution in [1.29, 1.82) is 0 Å². The minimum atomic E-state index is -0.408. The lowest BCUT2D eigenvalue weighted by molar-refractivity contribution is -0.169. The van der Waals surface area contributed by atoms with Gasteiger partial charge < -0.3 is 15.0 Å². The lowest BCUT2D eigenvalue weighted by Crippen LogP contribution is -2.54. The standard InChI is InChI=1S/C26H27N5O3/c1-26(16-34-17-26)25(33)31-10-8-18-3-5-22(11-20(18)15-31)29-24(32)6-4-19-12-27-9-7-23(19)21-13-28-30(2)14-21/h3-7,9,11-14H,8,10,15-17H2,1-2H3,(H,29,32)/b6-4+. The second-order valence-electron chi connectivity index (χ2n) is 9.20. The van der Waals surface area contributed by atoms with Crippen LogP contribution in [0, 0.1) is 5.41 Å². The fourth-order valence-electron chi connectivity index (χ4n) is 4.43. The van der Waals surface area contributed by atoms with Gasteiger partial charge >= 0.3 is 0 Å². The molecule has 1 saturated heterocycles. The van der Waals surface area contributed by atoms with Crippen molar-refractivity contribution in [3.8, 4) is 11.1 Å². The molecule has 0 saturated carbocycles. The number of pyridine rings is 1. The highest BCUT2D eigenvalue weighted by Gasteiger charge is 2.44. The molecular weight excluding hydrogens is 430 g/mol. The Bertz CT molecular complexity index is 1270. The molecule has 5 rings (SSSR count). The van der Waals surface area contributed by atoms with Crippen LogP contribution in [0.4, 0.5) is 5.69 Å². The van der Waals surface area contributed by atoms with Gasteiger partial charge in [0, 0.05) is 61.6 Å². The summed E-state index contributed by atoms with van der Waals surface area (Å²) in [4.78, 5) is 31.6. The predicted octanol–water partition coefficient (Wildman–Crippen LogP) is 3.06. The summed E-state index contributed by atoms with van der Waals surface area (Å²) in [6.45, 7) is 4.18. The summed E-state index contributed by atoms with van der Waals surface area (Å²) in [5.41, 5.74) is 5.32. The van der Waals surface area contributed by atoms with Gasteiger partial charge in [-0.15, -0.1) is 0 Å². The van der Waals surface area contributed by atoms with Crippen molar-refractivity contribution >= 4 is 23.6 Å². The Balaban J connectivity index is 1.27. The summed E-state index contributed by atoms with van der Waals surface area (Å²) in [5, 5.41) is 7.16. The Morgan fingerprint density at radius 2 is 2.03 bits per heavy atom. The second kappa shape index (κ2) is 8.87. The van der Waals surface area contributed by atoms with E-state index in [1.165, 1.54) is 11.6 Å². The molecule has 34 heavy (non-hydrogen) atoms. The number of ether oxygens (including phenoxy) is 1. The van der Waals surface area contributed by atoms with Crippen LogP contribution in [0.15, 0.2) is 55.1 Å². The van der Waals surface area contributed by atoms with Gasteiger partial charge in [0.1, 0.15) is 0 Å². The lowest BCUT2D eigenvalue weighted by Gasteiger charge is -2.41. The minimum Gasteiger partial charge on any atom is -0.379 e. The smallest absolute Gasteiger partial charge is 0.248 e. The molecule has 1 aromatic carbocycles. The molecule has 174 valence electrons. The minimum absolute atomic E-state index is 0.141. The lowest BCUT2D eigenvalue weighted by atomic mass is 9.86. The molecule has 0 aliphatic carbocycles. The van der Waals surface area contributed by atoms with E-state index in [0.29, 0.717) is 32.0 Å². The number of nitrogens with one attached hydrogen (secondary N) is 1. The highest BCUT2D eigenvalue weighted by Crippen LogP contribution is 2.32. The summed E-state index contributed by atoms with van der Waals surface area (Å²) < 4.78 is 7.00. The van der Waals surface area contributed by atoms with E-state index >= 15 is 0 Å². The van der Waals surface area contributed by atoms with Crippen LogP contribution in [0.2, 0.25) is 0 Å². The first-order valence-corrected chi connectivity index (χ1v) is 11.3. The molecule has 2 aliphatic heterocycles. The van der Waals surface area contributed by atoms with Crippen molar-refractivity contribution < 1.29 is 14.3 Å². The van der Waals surface area contributed by atoms with Gasteiger partial charge in [0.15, 0.2) is 0 Å². The molecule has 1 N–H and O–H groups in total. The normalized spacial score (nSPS) is 16.7. The topological polar surface area (TPSA) is 89.4 Å². The van der Waals surface area contributed by atoms with E-state index in [-0.39, 0.29) is 11.8 Å². The number of aromatic nitrogens is 3. The molecule has 2 amide bonds. The third-order valence-electron chi connectivity index (χ3n) is 6.41. The first-order chi connectivity index (χ1) is 16.4. The van der Waals surface area contributed by atoms with Gasteiger partial charge in [-0.1, -0.05) is 6.07 Å². The van der Waals surface area contributed by atoms with Gasteiger partial charge in [-0.25, -0.2) is 0 Å². The first-order valence-electron chi connectivity index (χ1n) is 11.3. The van der Waals surface area contributed by atoms with E-state index in [4.69, 9.17) is 4.74 Å². The van der Waals surface area contributed by atoms with E-state index in [2.05, 4.69) is 15.4 Å². The average molecular weight is 458 g/mol. The van der Waals surface area contributed by atoms with Crippen LogP contribution in [0.5, 0.6) is 0 Å². The molecule has 2 aromatic heterocycles. The van der Waals surface area contributed by atoms with Gasteiger partial charge in [-0.2, -0.15) is 5.10 Å².